The minimum Gasteiger partial charge on any atom is -0.399 e. The molecule has 0 bridgehead atoms. The van der Waals surface area contributed by atoms with Gasteiger partial charge in [0.2, 0.25) is 0 Å². The first-order valence-electron chi connectivity index (χ1n) is 23.9. The second kappa shape index (κ2) is 28.0. The highest BCUT2D eigenvalue weighted by Gasteiger charge is 2.20. The van der Waals surface area contributed by atoms with Crippen molar-refractivity contribution >= 4 is 11.4 Å². The molecular weight excluding hydrogens is 689 g/mol. The zero-order valence-corrected chi connectivity index (χ0v) is 36.8. The molecule has 0 saturated heterocycles. The number of nitrogen functional groups attached to an aromatic ring is 2. The van der Waals surface area contributed by atoms with Crippen LogP contribution in [0.3, 0.4) is 0 Å². The summed E-state index contributed by atoms with van der Waals surface area (Å²) >= 11 is 0. The van der Waals surface area contributed by atoms with Crippen LogP contribution in [0.5, 0.6) is 0 Å². The minimum absolute atomic E-state index is 0.405. The third-order valence-electron chi connectivity index (χ3n) is 12.7. The van der Waals surface area contributed by atoms with Gasteiger partial charge < -0.3 is 11.5 Å². The molecule has 4 N–H and O–H groups in total. The smallest absolute Gasteiger partial charge is 0.0314 e. The lowest BCUT2D eigenvalue weighted by atomic mass is 9.81. The fraction of sp³-hybridized carbons (Fsp3) is 0.564. The van der Waals surface area contributed by atoms with Gasteiger partial charge in [0, 0.05) is 29.1 Å². The number of anilines is 2. The monoisotopic (exact) mass is 771 g/mol. The number of hydrogen-bond acceptors (Lipinski definition) is 2. The van der Waals surface area contributed by atoms with E-state index >= 15 is 0 Å². The van der Waals surface area contributed by atoms with Crippen LogP contribution < -0.4 is 11.5 Å². The van der Waals surface area contributed by atoms with Crippen molar-refractivity contribution in [3.05, 3.63) is 130 Å². The van der Waals surface area contributed by atoms with Crippen molar-refractivity contribution < 1.29 is 0 Å². The van der Waals surface area contributed by atoms with E-state index in [1.54, 1.807) is 0 Å². The Labute approximate surface area is 351 Å². The van der Waals surface area contributed by atoms with Gasteiger partial charge in [-0.25, -0.2) is 0 Å². The van der Waals surface area contributed by atoms with E-state index < -0.39 is 0 Å². The summed E-state index contributed by atoms with van der Waals surface area (Å²) < 4.78 is 0. The molecule has 312 valence electrons. The van der Waals surface area contributed by atoms with Crippen LogP contribution >= 0.6 is 0 Å². The largest absolute Gasteiger partial charge is 0.399 e. The van der Waals surface area contributed by atoms with Crippen LogP contribution in [0.1, 0.15) is 232 Å². The number of rotatable bonds is 31. The molecule has 4 aromatic carbocycles. The standard InChI is InChI=1S/C55H82N2/c1-4-7-10-13-16-19-22-25-26-53(45-29-33-47(34-30-45)54(49-37-41-51(56)42-38-49)27-23-20-17-14-11-8-5-2)46-31-35-48(36-32-46)55(50-39-43-52(57)44-40-50)28-24-21-18-15-12-9-6-3/h29-44,53-55H,4-28,56-57H2,1-3H3. The third kappa shape index (κ3) is 17.1. The van der Waals surface area contributed by atoms with Gasteiger partial charge in [0.15, 0.2) is 0 Å². The quantitative estimate of drug-likeness (QED) is 0.0395. The molecule has 0 heterocycles. The highest BCUT2D eigenvalue weighted by Crippen LogP contribution is 2.37. The summed E-state index contributed by atoms with van der Waals surface area (Å²) in [6.45, 7) is 6.91. The first-order valence-corrected chi connectivity index (χ1v) is 23.9. The fourth-order valence-corrected chi connectivity index (χ4v) is 9.05. The summed E-state index contributed by atoms with van der Waals surface area (Å²) in [6, 6.07) is 37.0. The maximum atomic E-state index is 6.14. The van der Waals surface area contributed by atoms with Gasteiger partial charge in [-0.2, -0.15) is 0 Å². The van der Waals surface area contributed by atoms with E-state index in [-0.39, 0.29) is 0 Å². The third-order valence-corrected chi connectivity index (χ3v) is 12.7. The topological polar surface area (TPSA) is 52.0 Å². The van der Waals surface area contributed by atoms with Crippen LogP contribution in [0, 0.1) is 0 Å². The Morgan fingerprint density at radius 2 is 0.439 bits per heavy atom. The second-order valence-electron chi connectivity index (χ2n) is 17.4. The van der Waals surface area contributed by atoms with Crippen molar-refractivity contribution in [2.24, 2.45) is 0 Å². The van der Waals surface area contributed by atoms with Crippen molar-refractivity contribution in [3.8, 4) is 0 Å². The van der Waals surface area contributed by atoms with E-state index in [4.69, 9.17) is 11.5 Å². The van der Waals surface area contributed by atoms with Gasteiger partial charge in [0.25, 0.3) is 0 Å². The molecule has 2 unspecified atom stereocenters. The second-order valence-corrected chi connectivity index (χ2v) is 17.4. The molecule has 0 aromatic heterocycles. The Bertz CT molecular complexity index is 1440. The molecule has 0 aliphatic heterocycles. The van der Waals surface area contributed by atoms with Gasteiger partial charge in [0.05, 0.1) is 0 Å². The highest BCUT2D eigenvalue weighted by atomic mass is 14.5. The predicted octanol–water partition coefficient (Wildman–Crippen LogP) is 17.1. The lowest BCUT2D eigenvalue weighted by molar-refractivity contribution is 0.550. The van der Waals surface area contributed by atoms with Gasteiger partial charge in [-0.1, -0.05) is 235 Å². The molecule has 57 heavy (non-hydrogen) atoms. The van der Waals surface area contributed by atoms with Crippen LogP contribution in [0.25, 0.3) is 0 Å². The molecule has 2 nitrogen and oxygen atoms in total. The zero-order chi connectivity index (χ0) is 40.3. The number of nitrogens with two attached hydrogens (primary N) is 2. The van der Waals surface area contributed by atoms with E-state index in [0.717, 1.165) is 11.4 Å². The predicted molar refractivity (Wildman–Crippen MR) is 253 cm³/mol. The zero-order valence-electron chi connectivity index (χ0n) is 36.8. The van der Waals surface area contributed by atoms with Gasteiger partial charge in [-0.3, -0.25) is 0 Å². The van der Waals surface area contributed by atoms with Gasteiger partial charge >= 0.3 is 0 Å². The van der Waals surface area contributed by atoms with Crippen LogP contribution in [-0.4, -0.2) is 0 Å². The maximum Gasteiger partial charge on any atom is 0.0314 e. The molecule has 0 fully saturated rings. The summed E-state index contributed by atoms with van der Waals surface area (Å²) in [6.07, 6.45) is 33.2. The van der Waals surface area contributed by atoms with Crippen molar-refractivity contribution in [2.45, 2.75) is 199 Å². The van der Waals surface area contributed by atoms with E-state index in [0.29, 0.717) is 17.8 Å². The first-order chi connectivity index (χ1) is 28.0. The molecule has 0 aliphatic carbocycles. The summed E-state index contributed by atoms with van der Waals surface area (Å²) in [4.78, 5) is 0. The summed E-state index contributed by atoms with van der Waals surface area (Å²) in [5.41, 5.74) is 22.5. The number of benzene rings is 4. The summed E-state index contributed by atoms with van der Waals surface area (Å²) in [5.74, 6) is 1.22. The van der Waals surface area contributed by atoms with Crippen LogP contribution in [-0.2, 0) is 0 Å². The Kier molecular flexibility index (Phi) is 22.7. The molecule has 0 aliphatic rings. The fourth-order valence-electron chi connectivity index (χ4n) is 9.05. The first kappa shape index (κ1) is 46.2. The molecule has 0 amide bonds. The lowest BCUT2D eigenvalue weighted by Gasteiger charge is -2.23. The normalized spacial score (nSPS) is 13.1. The van der Waals surface area contributed by atoms with E-state index in [1.165, 1.54) is 194 Å². The van der Waals surface area contributed by atoms with Gasteiger partial charge in [-0.15, -0.1) is 0 Å². The molecule has 0 spiro atoms. The molecule has 2 atom stereocenters. The van der Waals surface area contributed by atoms with Crippen LogP contribution in [0.2, 0.25) is 0 Å². The molecule has 4 rings (SSSR count). The van der Waals surface area contributed by atoms with Gasteiger partial charge in [-0.05, 0) is 76.9 Å². The SMILES string of the molecule is CCCCCCCCCCC(c1ccc(C(CCCCCCCCC)c2ccc(N)cc2)cc1)c1ccc(C(CCCCCCCCC)c2ccc(N)cc2)cc1. The molecular formula is C55H82N2. The maximum absolute atomic E-state index is 6.14. The Morgan fingerprint density at radius 3 is 0.649 bits per heavy atom. The Morgan fingerprint density at radius 1 is 0.263 bits per heavy atom. The lowest BCUT2D eigenvalue weighted by Crippen LogP contribution is -2.06. The van der Waals surface area contributed by atoms with Crippen LogP contribution in [0.4, 0.5) is 11.4 Å². The summed E-state index contributed by atoms with van der Waals surface area (Å²) in [7, 11) is 0. The highest BCUT2D eigenvalue weighted by molar-refractivity contribution is 5.45. The van der Waals surface area contributed by atoms with Crippen molar-refractivity contribution in [1.29, 1.82) is 0 Å². The molecule has 0 saturated carbocycles. The van der Waals surface area contributed by atoms with Crippen molar-refractivity contribution in [1.82, 2.24) is 0 Å². The minimum atomic E-state index is 0.405. The van der Waals surface area contributed by atoms with E-state index in [2.05, 4.69) is 118 Å². The molecule has 4 aromatic rings. The van der Waals surface area contributed by atoms with E-state index in [9.17, 15) is 0 Å². The van der Waals surface area contributed by atoms with Crippen molar-refractivity contribution in [3.63, 3.8) is 0 Å². The number of unbranched alkanes of at least 4 members (excludes halogenated alkanes) is 19. The number of hydrogen-bond donors (Lipinski definition) is 2. The van der Waals surface area contributed by atoms with E-state index in [1.807, 2.05) is 0 Å². The average Bonchev–Trinajstić information content (AvgIpc) is 3.24. The average molecular weight is 771 g/mol. The summed E-state index contributed by atoms with van der Waals surface area (Å²) in [5, 5.41) is 0. The molecule has 0 radical (unpaired) electrons. The Balaban J connectivity index is 1.52. The Hall–Kier alpha value is -3.52. The van der Waals surface area contributed by atoms with Crippen LogP contribution in [0.15, 0.2) is 97.1 Å². The van der Waals surface area contributed by atoms with Crippen molar-refractivity contribution in [2.75, 3.05) is 11.5 Å². The molecule has 2 heteroatoms. The van der Waals surface area contributed by atoms with Gasteiger partial charge in [0.1, 0.15) is 0 Å².